The molecule has 2 amide bonds. The fourth-order valence-corrected chi connectivity index (χ4v) is 4.95. The summed E-state index contributed by atoms with van der Waals surface area (Å²) in [5.74, 6) is -0.352. The van der Waals surface area contributed by atoms with Crippen LogP contribution in [-0.2, 0) is 14.4 Å². The average Bonchev–Trinajstić information content (AvgIpc) is 3.39. The third kappa shape index (κ3) is 3.45. The average molecular weight is 419 g/mol. The Morgan fingerprint density at radius 3 is 2.68 bits per heavy atom. The van der Waals surface area contributed by atoms with Crippen molar-refractivity contribution in [2.45, 2.75) is 57.5 Å². The molecule has 2 aliphatic rings. The van der Waals surface area contributed by atoms with E-state index in [0.717, 1.165) is 59.7 Å². The summed E-state index contributed by atoms with van der Waals surface area (Å²) in [5.41, 5.74) is 3.76. The lowest BCUT2D eigenvalue weighted by Gasteiger charge is -2.25. The number of imide groups is 1. The van der Waals surface area contributed by atoms with Crippen molar-refractivity contribution in [3.05, 3.63) is 36.3 Å². The second-order valence-electron chi connectivity index (χ2n) is 8.61. The van der Waals surface area contributed by atoms with Gasteiger partial charge in [0, 0.05) is 29.5 Å². The number of benzene rings is 1. The minimum absolute atomic E-state index is 0.181. The van der Waals surface area contributed by atoms with Crippen molar-refractivity contribution in [3.63, 3.8) is 0 Å². The minimum Gasteiger partial charge on any atom is -0.303 e. The number of aryl methyl sites for hydroxylation is 1. The van der Waals surface area contributed by atoms with Crippen LogP contribution in [0.15, 0.2) is 30.6 Å². The van der Waals surface area contributed by atoms with Crippen LogP contribution in [0.2, 0.25) is 0 Å². The fraction of sp³-hybridized carbons (Fsp3) is 0.435. The summed E-state index contributed by atoms with van der Waals surface area (Å²) in [4.78, 5) is 35.0. The van der Waals surface area contributed by atoms with Gasteiger partial charge in [-0.25, -0.2) is 0 Å². The van der Waals surface area contributed by atoms with E-state index < -0.39 is 6.04 Å². The molecule has 31 heavy (non-hydrogen) atoms. The summed E-state index contributed by atoms with van der Waals surface area (Å²) < 4.78 is 3.77. The first-order valence-electron chi connectivity index (χ1n) is 10.9. The molecular formula is C23H25N5O3. The van der Waals surface area contributed by atoms with Crippen LogP contribution in [0.4, 0.5) is 0 Å². The Bertz CT molecular complexity index is 1170. The lowest BCUT2D eigenvalue weighted by molar-refractivity contribution is -0.135. The first kappa shape index (κ1) is 19.7. The molecular weight excluding hydrogens is 394 g/mol. The predicted octanol–water partition coefficient (Wildman–Crippen LogP) is 3.12. The van der Waals surface area contributed by atoms with Crippen molar-refractivity contribution in [2.24, 2.45) is 5.92 Å². The molecule has 3 heterocycles. The van der Waals surface area contributed by atoms with Gasteiger partial charge >= 0.3 is 0 Å². The number of fused-ring (bicyclic) bond motifs is 1. The first-order chi connectivity index (χ1) is 15.0. The molecule has 0 bridgehead atoms. The molecule has 1 unspecified atom stereocenters. The van der Waals surface area contributed by atoms with Crippen molar-refractivity contribution in [2.75, 3.05) is 0 Å². The van der Waals surface area contributed by atoms with Gasteiger partial charge in [0.25, 0.3) is 5.91 Å². The van der Waals surface area contributed by atoms with Gasteiger partial charge in [-0.15, -0.1) is 0 Å². The van der Waals surface area contributed by atoms with Gasteiger partial charge in [0.15, 0.2) is 0 Å². The van der Waals surface area contributed by atoms with Gasteiger partial charge in [0.05, 0.1) is 23.4 Å². The van der Waals surface area contributed by atoms with E-state index in [9.17, 15) is 14.4 Å². The van der Waals surface area contributed by atoms with E-state index in [1.54, 1.807) is 4.68 Å². The molecule has 1 N–H and O–H groups in total. The Hall–Kier alpha value is -3.29. The molecule has 8 nitrogen and oxygen atoms in total. The zero-order valence-corrected chi connectivity index (χ0v) is 17.5. The smallest absolute Gasteiger partial charge is 0.251 e. The van der Waals surface area contributed by atoms with E-state index in [2.05, 4.69) is 27.8 Å². The monoisotopic (exact) mass is 419 g/mol. The normalized spacial score (nSPS) is 24.4. The summed E-state index contributed by atoms with van der Waals surface area (Å²) in [7, 11) is 0. The van der Waals surface area contributed by atoms with E-state index >= 15 is 0 Å². The van der Waals surface area contributed by atoms with Crippen LogP contribution in [0.25, 0.3) is 22.0 Å². The highest BCUT2D eigenvalue weighted by Crippen LogP contribution is 2.35. The topological polar surface area (TPSA) is 98.9 Å². The van der Waals surface area contributed by atoms with Gasteiger partial charge in [0.1, 0.15) is 12.3 Å². The van der Waals surface area contributed by atoms with Gasteiger partial charge in [-0.2, -0.15) is 10.2 Å². The number of aldehydes is 1. The number of rotatable bonds is 4. The highest BCUT2D eigenvalue weighted by atomic mass is 16.2. The molecule has 5 rings (SSSR count). The highest BCUT2D eigenvalue weighted by molar-refractivity contribution is 6.01. The maximum atomic E-state index is 12.4. The van der Waals surface area contributed by atoms with Gasteiger partial charge in [-0.05, 0) is 50.7 Å². The van der Waals surface area contributed by atoms with Crippen molar-refractivity contribution >= 4 is 29.0 Å². The Labute approximate surface area is 179 Å². The summed E-state index contributed by atoms with van der Waals surface area (Å²) in [5, 5.41) is 12.7. The third-order valence-corrected chi connectivity index (χ3v) is 6.63. The summed E-state index contributed by atoms with van der Waals surface area (Å²) >= 11 is 0. The molecule has 160 valence electrons. The van der Waals surface area contributed by atoms with Gasteiger partial charge in [-0.3, -0.25) is 24.3 Å². The van der Waals surface area contributed by atoms with E-state index in [4.69, 9.17) is 0 Å². The molecule has 8 heteroatoms. The Balaban J connectivity index is 1.49. The van der Waals surface area contributed by atoms with Crippen LogP contribution < -0.4 is 5.32 Å². The number of aromatic nitrogens is 4. The van der Waals surface area contributed by atoms with Crippen LogP contribution in [0, 0.1) is 12.8 Å². The maximum absolute atomic E-state index is 12.4. The second-order valence-corrected chi connectivity index (χ2v) is 8.61. The SMILES string of the molecule is Cc1nn(C2CCC(=O)NC2=O)c2cccc(-c3cnn(C4CCC(C=O)CC4)c3)c12. The Morgan fingerprint density at radius 2 is 1.94 bits per heavy atom. The minimum atomic E-state index is -0.486. The van der Waals surface area contributed by atoms with E-state index in [1.807, 2.05) is 29.9 Å². The maximum Gasteiger partial charge on any atom is 0.251 e. The molecule has 1 saturated carbocycles. The molecule has 1 saturated heterocycles. The van der Waals surface area contributed by atoms with Crippen LogP contribution in [0.1, 0.15) is 56.3 Å². The van der Waals surface area contributed by atoms with Crippen LogP contribution in [0.3, 0.4) is 0 Å². The molecule has 0 radical (unpaired) electrons. The van der Waals surface area contributed by atoms with Crippen molar-refractivity contribution in [3.8, 4) is 11.1 Å². The van der Waals surface area contributed by atoms with Gasteiger partial charge in [0.2, 0.25) is 5.91 Å². The first-order valence-corrected chi connectivity index (χ1v) is 10.9. The molecule has 1 atom stereocenters. The van der Waals surface area contributed by atoms with Crippen molar-refractivity contribution < 1.29 is 14.4 Å². The largest absolute Gasteiger partial charge is 0.303 e. The highest BCUT2D eigenvalue weighted by Gasteiger charge is 2.30. The molecule has 0 spiro atoms. The molecule has 3 aromatic rings. The number of amides is 2. The predicted molar refractivity (Wildman–Crippen MR) is 114 cm³/mol. The molecule has 2 aromatic heterocycles. The van der Waals surface area contributed by atoms with E-state index in [-0.39, 0.29) is 17.7 Å². The third-order valence-electron chi connectivity index (χ3n) is 6.63. The number of carbonyl (C=O) groups excluding carboxylic acids is 3. The zero-order valence-electron chi connectivity index (χ0n) is 17.5. The zero-order chi connectivity index (χ0) is 21.5. The number of hydrogen-bond donors (Lipinski definition) is 1. The number of nitrogens with zero attached hydrogens (tertiary/aromatic N) is 4. The lowest BCUT2D eigenvalue weighted by Crippen LogP contribution is -2.42. The molecule has 2 fully saturated rings. The number of nitrogens with one attached hydrogen (secondary N) is 1. The Kier molecular flexibility index (Phi) is 4.92. The fourth-order valence-electron chi connectivity index (χ4n) is 4.95. The summed E-state index contributed by atoms with van der Waals surface area (Å²) in [6.07, 6.45) is 9.54. The quantitative estimate of drug-likeness (QED) is 0.517. The number of carbonyl (C=O) groups is 3. The van der Waals surface area contributed by atoms with Gasteiger partial charge < -0.3 is 4.79 Å². The summed E-state index contributed by atoms with van der Waals surface area (Å²) in [6.45, 7) is 1.94. The van der Waals surface area contributed by atoms with E-state index in [1.165, 1.54) is 0 Å². The molecule has 1 aliphatic carbocycles. The standard InChI is InChI=1S/C23H25N5O3/c1-14-22-18(16-11-24-27(12-16)17-7-5-15(13-29)6-8-17)3-2-4-19(22)28(26-14)20-9-10-21(30)25-23(20)31/h2-4,11-13,15,17,20H,5-10H2,1H3,(H,25,30,31). The van der Waals surface area contributed by atoms with Crippen molar-refractivity contribution in [1.82, 2.24) is 24.9 Å². The van der Waals surface area contributed by atoms with Gasteiger partial charge in [-0.1, -0.05) is 12.1 Å². The van der Waals surface area contributed by atoms with Crippen LogP contribution >= 0.6 is 0 Å². The van der Waals surface area contributed by atoms with E-state index in [0.29, 0.717) is 18.9 Å². The molecule has 1 aromatic carbocycles. The van der Waals surface area contributed by atoms with Crippen LogP contribution in [0.5, 0.6) is 0 Å². The lowest BCUT2D eigenvalue weighted by atomic mass is 9.87. The summed E-state index contributed by atoms with van der Waals surface area (Å²) in [6, 6.07) is 5.81. The molecule has 1 aliphatic heterocycles. The van der Waals surface area contributed by atoms with Crippen molar-refractivity contribution in [1.29, 1.82) is 0 Å². The Morgan fingerprint density at radius 1 is 1.13 bits per heavy atom. The number of hydrogen-bond acceptors (Lipinski definition) is 5. The van der Waals surface area contributed by atoms with Crippen LogP contribution in [-0.4, -0.2) is 37.7 Å². The second kappa shape index (κ2) is 7.76. The number of piperidine rings is 1.